The molecule has 3 aromatic heterocycles. The van der Waals surface area contributed by atoms with Gasteiger partial charge in [0.1, 0.15) is 11.2 Å². The van der Waals surface area contributed by atoms with Crippen molar-refractivity contribution in [2.45, 2.75) is 0 Å². The molecule has 11 aromatic rings. The Kier molecular flexibility index (Phi) is 6.82. The van der Waals surface area contributed by atoms with Crippen molar-refractivity contribution in [1.29, 1.82) is 0 Å². The Labute approximate surface area is 311 Å². The van der Waals surface area contributed by atoms with Crippen LogP contribution in [-0.2, 0) is 0 Å². The molecular weight excluding hydrogens is 659 g/mol. The van der Waals surface area contributed by atoms with E-state index in [2.05, 4.69) is 168 Å². The molecule has 3 heterocycles. The second kappa shape index (κ2) is 12.1. The Morgan fingerprint density at radius 2 is 1.00 bits per heavy atom. The SMILES string of the molecule is c1ccc(-c2cc(-c3cccc(-c4ccc5oc6ccccc6c5c4)c3)c3c(c2)c2ccccc2n3-c2nc(-c3ccccc3)c3ccccc3n2)cc1. The molecule has 0 bridgehead atoms. The average molecular weight is 690 g/mol. The minimum atomic E-state index is 0.640. The van der Waals surface area contributed by atoms with Crippen molar-refractivity contribution >= 4 is 54.6 Å². The summed E-state index contributed by atoms with van der Waals surface area (Å²) in [6.45, 7) is 0. The molecule has 0 aliphatic carbocycles. The van der Waals surface area contributed by atoms with Gasteiger partial charge >= 0.3 is 0 Å². The molecule has 0 saturated carbocycles. The molecule has 0 radical (unpaired) electrons. The standard InChI is InChI=1S/C50H31N3O/c1-3-14-32(15-4-1)37-30-41(36-19-13-18-34(28-36)35-26-27-47-42(29-35)39-21-9-12-25-46(39)54-47)49-43(31-37)38-20-8-11-24-45(38)53(49)50-51-44-23-10-7-22-40(44)48(52-50)33-16-5-2-6-17-33/h1-31H. The fourth-order valence-electron chi connectivity index (χ4n) is 8.07. The molecule has 4 nitrogen and oxygen atoms in total. The predicted molar refractivity (Wildman–Crippen MR) is 223 cm³/mol. The van der Waals surface area contributed by atoms with E-state index in [-0.39, 0.29) is 0 Å². The summed E-state index contributed by atoms with van der Waals surface area (Å²) in [6.07, 6.45) is 0. The van der Waals surface area contributed by atoms with Crippen LogP contribution in [0.15, 0.2) is 192 Å². The Hall–Kier alpha value is -7.30. The van der Waals surface area contributed by atoms with Crippen molar-refractivity contribution in [2.75, 3.05) is 0 Å². The Balaban J connectivity index is 1.20. The summed E-state index contributed by atoms with van der Waals surface area (Å²) in [6, 6.07) is 66.3. The zero-order chi connectivity index (χ0) is 35.6. The van der Waals surface area contributed by atoms with Crippen molar-refractivity contribution in [1.82, 2.24) is 14.5 Å². The highest BCUT2D eigenvalue weighted by Crippen LogP contribution is 2.42. The van der Waals surface area contributed by atoms with Crippen LogP contribution in [0.3, 0.4) is 0 Å². The topological polar surface area (TPSA) is 43.9 Å². The Bertz CT molecular complexity index is 3210. The molecule has 54 heavy (non-hydrogen) atoms. The van der Waals surface area contributed by atoms with Crippen LogP contribution in [0.4, 0.5) is 0 Å². The van der Waals surface area contributed by atoms with Gasteiger partial charge in [-0.3, -0.25) is 4.57 Å². The van der Waals surface area contributed by atoms with Crippen LogP contribution in [-0.4, -0.2) is 14.5 Å². The van der Waals surface area contributed by atoms with Gasteiger partial charge in [0.2, 0.25) is 5.95 Å². The predicted octanol–water partition coefficient (Wildman–Crippen LogP) is 13.3. The number of nitrogens with zero attached hydrogens (tertiary/aromatic N) is 3. The van der Waals surface area contributed by atoms with Crippen molar-refractivity contribution in [2.24, 2.45) is 0 Å². The first-order chi connectivity index (χ1) is 26.8. The zero-order valence-corrected chi connectivity index (χ0v) is 29.1. The first kappa shape index (κ1) is 30.3. The monoisotopic (exact) mass is 689 g/mol. The Morgan fingerprint density at radius 1 is 0.370 bits per heavy atom. The molecular formula is C50H31N3O. The van der Waals surface area contributed by atoms with Gasteiger partial charge in [0.05, 0.1) is 22.2 Å². The lowest BCUT2D eigenvalue weighted by Gasteiger charge is -2.15. The lowest BCUT2D eigenvalue weighted by Crippen LogP contribution is -2.04. The molecule has 252 valence electrons. The van der Waals surface area contributed by atoms with Crippen LogP contribution in [0.1, 0.15) is 0 Å². The minimum absolute atomic E-state index is 0.640. The third kappa shape index (κ3) is 4.85. The fraction of sp³-hybridized carbons (Fsp3) is 0. The normalized spacial score (nSPS) is 11.7. The summed E-state index contributed by atoms with van der Waals surface area (Å²) in [5.74, 6) is 0.640. The van der Waals surface area contributed by atoms with Crippen LogP contribution < -0.4 is 0 Å². The smallest absolute Gasteiger partial charge is 0.235 e. The maximum absolute atomic E-state index is 6.17. The summed E-state index contributed by atoms with van der Waals surface area (Å²) < 4.78 is 8.44. The van der Waals surface area contributed by atoms with Crippen LogP contribution in [0.5, 0.6) is 0 Å². The zero-order valence-electron chi connectivity index (χ0n) is 29.1. The van der Waals surface area contributed by atoms with Crippen molar-refractivity contribution < 1.29 is 4.42 Å². The molecule has 11 rings (SSSR count). The van der Waals surface area contributed by atoms with E-state index in [1.807, 2.05) is 24.3 Å². The third-order valence-corrected chi connectivity index (χ3v) is 10.6. The van der Waals surface area contributed by atoms with Gasteiger partial charge in [0, 0.05) is 38.1 Å². The molecule has 8 aromatic carbocycles. The molecule has 0 spiro atoms. The first-order valence-corrected chi connectivity index (χ1v) is 18.2. The highest BCUT2D eigenvalue weighted by atomic mass is 16.3. The quantitative estimate of drug-likeness (QED) is 0.181. The summed E-state index contributed by atoms with van der Waals surface area (Å²) in [7, 11) is 0. The minimum Gasteiger partial charge on any atom is -0.456 e. The van der Waals surface area contributed by atoms with E-state index in [1.54, 1.807) is 0 Å². The number of aromatic nitrogens is 3. The molecule has 0 atom stereocenters. The van der Waals surface area contributed by atoms with E-state index >= 15 is 0 Å². The molecule has 0 aliphatic heterocycles. The molecule has 0 N–H and O–H groups in total. The number of hydrogen-bond acceptors (Lipinski definition) is 3. The lowest BCUT2D eigenvalue weighted by molar-refractivity contribution is 0.669. The van der Waals surface area contributed by atoms with Crippen molar-refractivity contribution in [3.8, 4) is 50.6 Å². The number of furan rings is 1. The number of hydrogen-bond donors (Lipinski definition) is 0. The van der Waals surface area contributed by atoms with E-state index in [0.717, 1.165) is 93.7 Å². The van der Waals surface area contributed by atoms with Crippen LogP contribution >= 0.6 is 0 Å². The summed E-state index contributed by atoms with van der Waals surface area (Å²) in [5, 5.41) is 5.56. The third-order valence-electron chi connectivity index (χ3n) is 10.6. The fourth-order valence-corrected chi connectivity index (χ4v) is 8.07. The van der Waals surface area contributed by atoms with Crippen molar-refractivity contribution in [3.05, 3.63) is 188 Å². The summed E-state index contributed by atoms with van der Waals surface area (Å²) >= 11 is 0. The molecule has 4 heteroatoms. The van der Waals surface area contributed by atoms with Gasteiger partial charge < -0.3 is 4.42 Å². The van der Waals surface area contributed by atoms with Crippen LogP contribution in [0.25, 0.3) is 105 Å². The number of rotatable bonds is 5. The van der Waals surface area contributed by atoms with Gasteiger partial charge in [-0.2, -0.15) is 0 Å². The number of benzene rings is 8. The van der Waals surface area contributed by atoms with E-state index < -0.39 is 0 Å². The highest BCUT2D eigenvalue weighted by Gasteiger charge is 2.22. The lowest BCUT2D eigenvalue weighted by atomic mass is 9.93. The second-order valence-electron chi connectivity index (χ2n) is 13.8. The van der Waals surface area contributed by atoms with Gasteiger partial charge in [-0.25, -0.2) is 9.97 Å². The van der Waals surface area contributed by atoms with Gasteiger partial charge in [-0.1, -0.05) is 140 Å². The second-order valence-corrected chi connectivity index (χ2v) is 13.8. The summed E-state index contributed by atoms with van der Waals surface area (Å²) in [4.78, 5) is 10.7. The number of para-hydroxylation sites is 3. The van der Waals surface area contributed by atoms with Crippen LogP contribution in [0.2, 0.25) is 0 Å². The summed E-state index contributed by atoms with van der Waals surface area (Å²) in [5.41, 5.74) is 13.6. The maximum atomic E-state index is 6.17. The van der Waals surface area contributed by atoms with Gasteiger partial charge in [-0.15, -0.1) is 0 Å². The van der Waals surface area contributed by atoms with Crippen molar-refractivity contribution in [3.63, 3.8) is 0 Å². The van der Waals surface area contributed by atoms with E-state index in [4.69, 9.17) is 14.4 Å². The number of fused-ring (bicyclic) bond motifs is 7. The average Bonchev–Trinajstić information content (AvgIpc) is 3.79. The largest absolute Gasteiger partial charge is 0.456 e. The maximum Gasteiger partial charge on any atom is 0.235 e. The first-order valence-electron chi connectivity index (χ1n) is 18.2. The molecule has 0 unspecified atom stereocenters. The van der Waals surface area contributed by atoms with E-state index in [9.17, 15) is 0 Å². The van der Waals surface area contributed by atoms with Crippen LogP contribution in [0, 0.1) is 0 Å². The Morgan fingerprint density at radius 3 is 1.85 bits per heavy atom. The highest BCUT2D eigenvalue weighted by molar-refractivity contribution is 6.15. The molecule has 0 fully saturated rings. The van der Waals surface area contributed by atoms with Gasteiger partial charge in [0.15, 0.2) is 0 Å². The van der Waals surface area contributed by atoms with Gasteiger partial charge in [-0.05, 0) is 76.3 Å². The molecule has 0 aliphatic rings. The molecule has 0 saturated heterocycles. The van der Waals surface area contributed by atoms with E-state index in [0.29, 0.717) is 5.95 Å². The van der Waals surface area contributed by atoms with E-state index in [1.165, 1.54) is 5.56 Å². The van der Waals surface area contributed by atoms with Gasteiger partial charge in [0.25, 0.3) is 0 Å². The molecule has 0 amide bonds.